The Hall–Kier alpha value is -0.957. The third kappa shape index (κ3) is 24.3. The first-order valence-corrected chi connectivity index (χ1v) is 5.02. The van der Waals surface area contributed by atoms with Crippen molar-refractivity contribution in [1.29, 1.82) is 0 Å². The van der Waals surface area contributed by atoms with Crippen molar-refractivity contribution in [2.45, 2.75) is 40.5 Å². The fourth-order valence-electron chi connectivity index (χ4n) is 0.609. The normalized spacial score (nSPS) is 7.50. The molecule has 0 amide bonds. The summed E-state index contributed by atoms with van der Waals surface area (Å²) in [4.78, 5) is 23.3. The standard InChI is InChI=1S/C7H10N2.C4H9.2CHO.Ru/c1-6(2)7-3-8-5-9-4-7;1-4(2)3;2*1-2;/h3-6H,1-2H3;1-3H3;2*1H;/q;3*-1;+3. The van der Waals surface area contributed by atoms with Crippen LogP contribution in [0.1, 0.15) is 46.1 Å². The molecule has 0 aromatic carbocycles. The fourth-order valence-corrected chi connectivity index (χ4v) is 0.609. The monoisotopic (exact) mass is 339 g/mol. The largest absolute Gasteiger partial charge is 3.00 e. The van der Waals surface area contributed by atoms with Crippen LogP contribution in [0.4, 0.5) is 0 Å². The summed E-state index contributed by atoms with van der Waals surface area (Å²) in [6.45, 7) is 17.0. The molecule has 0 spiro atoms. The Morgan fingerprint density at radius 1 is 1.00 bits per heavy atom. The number of nitrogens with zero attached hydrogens (tertiary/aromatic N) is 2. The van der Waals surface area contributed by atoms with Crippen LogP contribution in [0.5, 0.6) is 0 Å². The molecule has 5 heteroatoms. The van der Waals surface area contributed by atoms with Gasteiger partial charge in [-0.3, -0.25) is 13.6 Å². The Morgan fingerprint density at radius 2 is 1.28 bits per heavy atom. The average Bonchev–Trinajstić information content (AvgIpc) is 2.34. The molecule has 0 aliphatic heterocycles. The maximum absolute atomic E-state index is 7.75. The van der Waals surface area contributed by atoms with Crippen molar-refractivity contribution < 1.29 is 29.1 Å². The Balaban J connectivity index is -0.0000000937. The topological polar surface area (TPSA) is 59.9 Å². The first-order valence-electron chi connectivity index (χ1n) is 5.02. The van der Waals surface area contributed by atoms with Gasteiger partial charge in [0.15, 0.2) is 0 Å². The summed E-state index contributed by atoms with van der Waals surface area (Å²) in [5, 5.41) is 0. The molecule has 1 rings (SSSR count). The van der Waals surface area contributed by atoms with Gasteiger partial charge in [0.2, 0.25) is 0 Å². The van der Waals surface area contributed by atoms with E-state index in [2.05, 4.69) is 58.2 Å². The van der Waals surface area contributed by atoms with Gasteiger partial charge in [-0.05, 0) is 11.5 Å². The van der Waals surface area contributed by atoms with E-state index < -0.39 is 0 Å². The van der Waals surface area contributed by atoms with Crippen molar-refractivity contribution >= 4 is 13.6 Å². The van der Waals surface area contributed by atoms with Gasteiger partial charge in [0.1, 0.15) is 6.33 Å². The van der Waals surface area contributed by atoms with E-state index in [4.69, 9.17) is 9.59 Å². The van der Waals surface area contributed by atoms with Gasteiger partial charge in [-0.15, -0.1) is 0 Å². The van der Waals surface area contributed by atoms with E-state index in [9.17, 15) is 0 Å². The first kappa shape index (κ1) is 25.8. The zero-order chi connectivity index (χ0) is 14.3. The molecule has 1 aromatic heterocycles. The summed E-state index contributed by atoms with van der Waals surface area (Å²) in [5.74, 6) is 1.95. The summed E-state index contributed by atoms with van der Waals surface area (Å²) in [7, 11) is 0. The molecule has 0 fully saturated rings. The number of hydrogen-bond donors (Lipinski definition) is 0. The van der Waals surface area contributed by atoms with Crippen LogP contribution in [0.2, 0.25) is 0 Å². The molecule has 0 aliphatic rings. The molecule has 0 saturated heterocycles. The molecule has 1 heterocycles. The quantitative estimate of drug-likeness (QED) is 0.449. The van der Waals surface area contributed by atoms with E-state index in [1.165, 1.54) is 11.5 Å². The summed E-state index contributed by atoms with van der Waals surface area (Å²) >= 11 is 0. The van der Waals surface area contributed by atoms with E-state index in [0.717, 1.165) is 0 Å². The Labute approximate surface area is 123 Å². The van der Waals surface area contributed by atoms with Crippen molar-refractivity contribution in [2.75, 3.05) is 0 Å². The molecule has 0 aliphatic carbocycles. The number of hydrogen-bond acceptors (Lipinski definition) is 4. The second-order valence-corrected chi connectivity index (χ2v) is 3.83. The van der Waals surface area contributed by atoms with Crippen LogP contribution >= 0.6 is 0 Å². The molecule has 4 nitrogen and oxygen atoms in total. The Bertz CT molecular complexity index is 239. The van der Waals surface area contributed by atoms with Crippen LogP contribution in [-0.2, 0) is 29.1 Å². The third-order valence-corrected chi connectivity index (χ3v) is 1.25. The van der Waals surface area contributed by atoms with Crippen LogP contribution in [0.15, 0.2) is 18.7 Å². The SMILES string of the molecule is CC(C)c1cncnc1.C[C-](C)C.[CH-]=O.[CH-]=O.[Ru+3]. The van der Waals surface area contributed by atoms with E-state index in [0.29, 0.717) is 5.92 Å². The van der Waals surface area contributed by atoms with Gasteiger partial charge in [-0.1, -0.05) is 13.8 Å². The minimum atomic E-state index is 0. The minimum Gasteiger partial charge on any atom is -0.545 e. The molecule has 0 saturated carbocycles. The first-order chi connectivity index (χ1) is 8.04. The fraction of sp³-hybridized carbons (Fsp3) is 0.462. The summed E-state index contributed by atoms with van der Waals surface area (Å²) in [6, 6.07) is 0. The predicted octanol–water partition coefficient (Wildman–Crippen LogP) is 2.67. The number of rotatable bonds is 1. The predicted molar refractivity (Wildman–Crippen MR) is 69.9 cm³/mol. The van der Waals surface area contributed by atoms with Crippen molar-refractivity contribution in [3.8, 4) is 0 Å². The number of carbonyl (C=O) groups excluding carboxylic acids is 2. The smallest absolute Gasteiger partial charge is 0.545 e. The van der Waals surface area contributed by atoms with Gasteiger partial charge in [-0.2, -0.15) is 20.8 Å². The molecular weight excluding hydrogens is 317 g/mol. The molecule has 0 unspecified atom stereocenters. The molecule has 0 atom stereocenters. The molecule has 103 valence electrons. The van der Waals surface area contributed by atoms with Crippen LogP contribution in [0.25, 0.3) is 0 Å². The Morgan fingerprint density at radius 3 is 1.44 bits per heavy atom. The van der Waals surface area contributed by atoms with Crippen molar-refractivity contribution in [1.82, 2.24) is 9.97 Å². The van der Waals surface area contributed by atoms with Crippen LogP contribution in [-0.4, -0.2) is 23.5 Å². The maximum atomic E-state index is 7.75. The third-order valence-electron chi connectivity index (χ3n) is 1.25. The Kier molecular flexibility index (Phi) is 30.6. The molecular formula is C13H21N2O2Ru. The van der Waals surface area contributed by atoms with E-state index >= 15 is 0 Å². The summed E-state index contributed by atoms with van der Waals surface area (Å²) in [5.41, 5.74) is 1.19. The summed E-state index contributed by atoms with van der Waals surface area (Å²) < 4.78 is 0. The van der Waals surface area contributed by atoms with Gasteiger partial charge in [0.05, 0.1) is 0 Å². The molecule has 0 N–H and O–H groups in total. The number of aromatic nitrogens is 2. The molecule has 1 radical (unpaired) electrons. The second-order valence-electron chi connectivity index (χ2n) is 3.83. The van der Waals surface area contributed by atoms with Gasteiger partial charge in [0, 0.05) is 12.4 Å². The van der Waals surface area contributed by atoms with Crippen LogP contribution < -0.4 is 0 Å². The van der Waals surface area contributed by atoms with Crippen molar-refractivity contribution in [3.05, 3.63) is 30.2 Å². The van der Waals surface area contributed by atoms with E-state index in [1.807, 2.05) is 12.4 Å². The molecule has 1 aromatic rings. The zero-order valence-corrected chi connectivity index (χ0v) is 13.3. The van der Waals surface area contributed by atoms with Gasteiger partial charge in [0.25, 0.3) is 0 Å². The summed E-state index contributed by atoms with van der Waals surface area (Å²) in [6.07, 6.45) is 5.24. The van der Waals surface area contributed by atoms with Crippen molar-refractivity contribution in [3.63, 3.8) is 0 Å². The van der Waals surface area contributed by atoms with Crippen molar-refractivity contribution in [2.24, 2.45) is 0 Å². The zero-order valence-electron chi connectivity index (χ0n) is 11.5. The average molecular weight is 338 g/mol. The van der Waals surface area contributed by atoms with Gasteiger partial charge < -0.3 is 15.5 Å². The van der Waals surface area contributed by atoms with Crippen LogP contribution in [0.3, 0.4) is 0 Å². The van der Waals surface area contributed by atoms with Gasteiger partial charge >= 0.3 is 19.5 Å². The van der Waals surface area contributed by atoms with Gasteiger partial charge in [-0.25, -0.2) is 9.97 Å². The minimum absolute atomic E-state index is 0. The molecule has 0 bridgehead atoms. The maximum Gasteiger partial charge on any atom is 3.00 e. The van der Waals surface area contributed by atoms with E-state index in [1.54, 1.807) is 6.33 Å². The van der Waals surface area contributed by atoms with Crippen LogP contribution in [0, 0.1) is 5.92 Å². The second kappa shape index (κ2) is 21.3. The molecule has 18 heavy (non-hydrogen) atoms. The van der Waals surface area contributed by atoms with E-state index in [-0.39, 0.29) is 19.5 Å².